The third kappa shape index (κ3) is 0.164. The minimum absolute atomic E-state index is 0.0177. The molecular formula is C21H31FeN. The SMILES string of the molecule is C=C(C(N)(CCCC)CCCC)[C]12[CH]3[CH]4[CH]5[CH]1[Fe]45321678[CH]2[CH]1[CH]6[CH]7[CH]28. The molecular weight excluding hydrogens is 322 g/mol. The molecule has 10 heterocycles. The average Bonchev–Trinajstić information content (AvgIpc) is 3.49. The van der Waals surface area contributed by atoms with Crippen LogP contribution in [0.25, 0.3) is 0 Å². The van der Waals surface area contributed by atoms with Crippen LogP contribution in [0.3, 0.4) is 0 Å². The molecule has 1 nitrogen and oxygen atoms in total. The van der Waals surface area contributed by atoms with Crippen LogP contribution in [-0.4, -0.2) is 5.54 Å². The van der Waals surface area contributed by atoms with Gasteiger partial charge in [0.2, 0.25) is 0 Å². The monoisotopic (exact) mass is 353 g/mol. The molecule has 10 aliphatic heterocycles. The molecule has 10 rings (SSSR count). The number of fused-ring (bicyclic) bond motifs is 10. The van der Waals surface area contributed by atoms with Gasteiger partial charge in [0.05, 0.1) is 0 Å². The fourth-order valence-corrected chi connectivity index (χ4v) is 93.2. The summed E-state index contributed by atoms with van der Waals surface area (Å²) in [4.78, 5) is 12.5. The molecule has 0 aromatic heterocycles. The average molecular weight is 353 g/mol. The first kappa shape index (κ1) is 11.0. The van der Waals surface area contributed by atoms with Crippen LogP contribution in [0.5, 0.6) is 0 Å². The summed E-state index contributed by atoms with van der Waals surface area (Å²) < 4.78 is 0.815. The zero-order valence-electron chi connectivity index (χ0n) is 14.6. The van der Waals surface area contributed by atoms with Crippen LogP contribution >= 0.6 is 0 Å². The Morgan fingerprint density at radius 3 is 1.61 bits per heavy atom. The number of nitrogens with two attached hydrogens (primary N) is 1. The molecule has 10 aliphatic rings. The van der Waals surface area contributed by atoms with Crippen LogP contribution in [0, 0.1) is 0 Å². The van der Waals surface area contributed by atoms with Crippen molar-refractivity contribution >= 4 is 0 Å². The van der Waals surface area contributed by atoms with Crippen molar-refractivity contribution < 1.29 is 6.51 Å². The van der Waals surface area contributed by atoms with E-state index in [-0.39, 0.29) is 5.54 Å². The molecule has 1 spiro atoms. The normalized spacial score (nSPS) is 91.9. The van der Waals surface area contributed by atoms with E-state index < -0.39 is 6.51 Å². The van der Waals surface area contributed by atoms with E-state index in [2.05, 4.69) is 13.8 Å². The Labute approximate surface area is 130 Å². The van der Waals surface area contributed by atoms with Crippen molar-refractivity contribution in [1.29, 1.82) is 0 Å². The van der Waals surface area contributed by atoms with E-state index in [0.29, 0.717) is 0 Å². The van der Waals surface area contributed by atoms with Crippen LogP contribution in [0.15, 0.2) is 12.2 Å². The molecule has 0 aromatic carbocycles. The van der Waals surface area contributed by atoms with Gasteiger partial charge in [-0.3, -0.25) is 0 Å². The number of rotatable bonds is 8. The predicted molar refractivity (Wildman–Crippen MR) is 91.6 cm³/mol. The Morgan fingerprint density at radius 1 is 0.913 bits per heavy atom. The summed E-state index contributed by atoms with van der Waals surface area (Å²) in [7, 11) is 0. The van der Waals surface area contributed by atoms with Crippen molar-refractivity contribution in [2.75, 3.05) is 0 Å². The summed E-state index contributed by atoms with van der Waals surface area (Å²) in [5, 5.41) is 0. The topological polar surface area (TPSA) is 26.0 Å². The van der Waals surface area contributed by atoms with Crippen LogP contribution in [-0.2, 0) is 6.51 Å². The van der Waals surface area contributed by atoms with Crippen molar-refractivity contribution in [3.8, 4) is 0 Å². The first-order valence-electron chi connectivity index (χ1n) is 10.5. The predicted octanol–water partition coefficient (Wildman–Crippen LogP) is 6.38. The van der Waals surface area contributed by atoms with Crippen LogP contribution in [0.4, 0.5) is 0 Å². The van der Waals surface area contributed by atoms with Crippen molar-refractivity contribution in [3.63, 3.8) is 0 Å². The second-order valence-corrected chi connectivity index (χ2v) is 37.1. The molecule has 0 aliphatic carbocycles. The molecule has 4 atom stereocenters. The first-order chi connectivity index (χ1) is 10.8. The van der Waals surface area contributed by atoms with E-state index in [1.54, 1.807) is 5.57 Å². The van der Waals surface area contributed by atoms with Gasteiger partial charge in [-0.25, -0.2) is 0 Å². The molecule has 0 radical (unpaired) electrons. The number of unbranched alkanes of at least 4 members (excludes halogenated alkanes) is 2. The Balaban J connectivity index is 1.21. The van der Waals surface area contributed by atoms with Crippen LogP contribution in [0.1, 0.15) is 52.4 Å². The maximum atomic E-state index is 7.24. The third-order valence-electron chi connectivity index (χ3n) is 17.7. The van der Waals surface area contributed by atoms with Gasteiger partial charge in [0.25, 0.3) is 0 Å². The first-order valence-corrected chi connectivity index (χ1v) is 16.8. The zero-order valence-corrected chi connectivity index (χ0v) is 15.7. The molecule has 0 aromatic rings. The molecule has 23 heavy (non-hydrogen) atoms. The van der Waals surface area contributed by atoms with Gasteiger partial charge < -0.3 is 0 Å². The Hall–Kier alpha value is 0.219. The third-order valence-corrected chi connectivity index (χ3v) is 60.1. The molecule has 0 bridgehead atoms. The standard InChI is InChI=1S/C16H26N.C5H5.Fe/c1-4-6-12-16(17,13-7-5-2)14(3)15-10-8-9-11-15;1-2-4-5-3-1;/h8-11H,3-7,12-13,17H2,1-2H3;1-5H;. The van der Waals surface area contributed by atoms with Gasteiger partial charge in [0, 0.05) is 0 Å². The van der Waals surface area contributed by atoms with Gasteiger partial charge in [0.1, 0.15) is 0 Å². The van der Waals surface area contributed by atoms with Crippen molar-refractivity contribution in [3.05, 3.63) is 12.2 Å². The van der Waals surface area contributed by atoms with Crippen molar-refractivity contribution in [2.24, 2.45) is 5.73 Å². The minimum atomic E-state index is -3.06. The number of hydrogen-bond acceptors (Lipinski definition) is 1. The van der Waals surface area contributed by atoms with Gasteiger partial charge in [-0.1, -0.05) is 0 Å². The number of hydrogen-bond donors (Lipinski definition) is 1. The zero-order chi connectivity index (χ0) is 15.3. The van der Waals surface area contributed by atoms with Gasteiger partial charge >= 0.3 is 130 Å². The fourth-order valence-electron chi connectivity index (χ4n) is 18.8. The quantitative estimate of drug-likeness (QED) is 0.398. The Bertz CT molecular complexity index is 1030. The molecule has 0 saturated carbocycles. The maximum absolute atomic E-state index is 7.24. The Kier molecular flexibility index (Phi) is 0.553. The summed E-state index contributed by atoms with van der Waals surface area (Å²) in [5.41, 5.74) is 8.96. The van der Waals surface area contributed by atoms with Crippen molar-refractivity contribution in [1.82, 2.24) is 0 Å². The van der Waals surface area contributed by atoms with Crippen LogP contribution < -0.4 is 5.73 Å². The molecule has 10 saturated heterocycles. The summed E-state index contributed by atoms with van der Waals surface area (Å²) in [5.74, 6) is 0. The second-order valence-electron chi connectivity index (χ2n) is 13.5. The van der Waals surface area contributed by atoms with E-state index in [1.165, 1.54) is 81.9 Å². The molecule has 10 fully saturated rings. The fraction of sp³-hybridized carbons (Fsp3) is 0.905. The summed E-state index contributed by atoms with van der Waals surface area (Å²) in [6, 6.07) is 0. The Morgan fingerprint density at radius 2 is 1.35 bits per heavy atom. The molecule has 2 heteroatoms. The van der Waals surface area contributed by atoms with E-state index >= 15 is 0 Å². The molecule has 2 N–H and O–H groups in total. The molecule has 128 valence electrons. The van der Waals surface area contributed by atoms with Gasteiger partial charge in [-0.2, -0.15) is 0 Å². The van der Waals surface area contributed by atoms with Crippen LogP contribution in [0.2, 0.25) is 47.7 Å². The van der Waals surface area contributed by atoms with Gasteiger partial charge in [-0.05, 0) is 0 Å². The second kappa shape index (κ2) is 1.15. The summed E-state index contributed by atoms with van der Waals surface area (Å²) in [6.45, 7) is 6.53. The van der Waals surface area contributed by atoms with E-state index in [4.69, 9.17) is 12.3 Å². The van der Waals surface area contributed by atoms with E-state index in [9.17, 15) is 0 Å². The van der Waals surface area contributed by atoms with E-state index in [1.807, 2.05) is 0 Å². The molecule has 4 unspecified atom stereocenters. The van der Waals surface area contributed by atoms with Gasteiger partial charge in [-0.15, -0.1) is 0 Å². The van der Waals surface area contributed by atoms with Crippen molar-refractivity contribution in [2.45, 2.75) is 106 Å². The summed E-state index contributed by atoms with van der Waals surface area (Å²) >= 11 is 0. The summed E-state index contributed by atoms with van der Waals surface area (Å²) in [6.07, 6.45) is 7.68. The van der Waals surface area contributed by atoms with E-state index in [0.717, 1.165) is 4.31 Å². The van der Waals surface area contributed by atoms with Gasteiger partial charge in [0.15, 0.2) is 0 Å². The molecule has 0 amide bonds.